The molecular formula is C27H24O5. The van der Waals surface area contributed by atoms with Gasteiger partial charge in [0.25, 0.3) is 0 Å². The topological polar surface area (TPSA) is 101 Å². The van der Waals surface area contributed by atoms with Crippen molar-refractivity contribution < 1.29 is 25.5 Å². The molecule has 0 aliphatic rings. The van der Waals surface area contributed by atoms with E-state index in [-0.39, 0.29) is 28.7 Å². The Morgan fingerprint density at radius 3 is 1.34 bits per heavy atom. The van der Waals surface area contributed by atoms with Crippen molar-refractivity contribution in [2.45, 2.75) is 18.8 Å². The maximum Gasteiger partial charge on any atom is 0.157 e. The second-order valence-electron chi connectivity index (χ2n) is 8.07. The Morgan fingerprint density at radius 1 is 0.500 bits per heavy atom. The molecule has 5 N–H and O–H groups in total. The number of rotatable bonds is 5. The standard InChI is InChI=1S/C27H24O5/c1-27(20-8-12-23(29)25(31)15-20,21-9-13-24(30)26(32)16-21)19-6-2-17(3-7-19)14-18-4-10-22(28)11-5-18/h2-13,15-16,28-32H,14H2,1H3. The van der Waals surface area contributed by atoms with Crippen molar-refractivity contribution in [2.75, 3.05) is 0 Å². The molecule has 0 aliphatic carbocycles. The van der Waals surface area contributed by atoms with E-state index < -0.39 is 5.41 Å². The first-order chi connectivity index (χ1) is 15.3. The fourth-order valence-corrected chi connectivity index (χ4v) is 3.97. The first-order valence-corrected chi connectivity index (χ1v) is 10.2. The molecule has 4 aromatic rings. The first-order valence-electron chi connectivity index (χ1n) is 10.2. The summed E-state index contributed by atoms with van der Waals surface area (Å²) in [5, 5.41) is 49.3. The summed E-state index contributed by atoms with van der Waals surface area (Å²) in [5.74, 6) is -0.668. The van der Waals surface area contributed by atoms with Crippen molar-refractivity contribution in [3.05, 3.63) is 113 Å². The van der Waals surface area contributed by atoms with Crippen LogP contribution in [0.2, 0.25) is 0 Å². The third kappa shape index (κ3) is 3.93. The lowest BCUT2D eigenvalue weighted by atomic mass is 9.70. The van der Waals surface area contributed by atoms with E-state index in [2.05, 4.69) is 0 Å². The molecule has 0 spiro atoms. The summed E-state index contributed by atoms with van der Waals surface area (Å²) in [6, 6.07) is 24.4. The van der Waals surface area contributed by atoms with Crippen molar-refractivity contribution >= 4 is 0 Å². The second-order valence-corrected chi connectivity index (χ2v) is 8.07. The Bertz CT molecular complexity index is 1190. The lowest BCUT2D eigenvalue weighted by molar-refractivity contribution is 0.400. The molecule has 0 fully saturated rings. The Morgan fingerprint density at radius 2 is 0.906 bits per heavy atom. The summed E-state index contributed by atoms with van der Waals surface area (Å²) >= 11 is 0. The molecule has 0 bridgehead atoms. The van der Waals surface area contributed by atoms with Crippen molar-refractivity contribution in [1.82, 2.24) is 0 Å². The lowest BCUT2D eigenvalue weighted by Gasteiger charge is -2.32. The highest BCUT2D eigenvalue weighted by atomic mass is 16.3. The molecule has 162 valence electrons. The van der Waals surface area contributed by atoms with Crippen LogP contribution in [0.1, 0.15) is 34.7 Å². The van der Waals surface area contributed by atoms with Gasteiger partial charge in [0.1, 0.15) is 5.75 Å². The van der Waals surface area contributed by atoms with E-state index >= 15 is 0 Å². The van der Waals surface area contributed by atoms with E-state index in [1.165, 1.54) is 24.3 Å². The normalized spacial score (nSPS) is 11.4. The number of phenols is 5. The average molecular weight is 428 g/mol. The second kappa shape index (κ2) is 8.19. The summed E-state index contributed by atoms with van der Waals surface area (Å²) in [6.45, 7) is 1.96. The van der Waals surface area contributed by atoms with Crippen LogP contribution in [0.5, 0.6) is 28.7 Å². The average Bonchev–Trinajstić information content (AvgIpc) is 2.79. The van der Waals surface area contributed by atoms with Gasteiger partial charge in [-0.15, -0.1) is 0 Å². The molecule has 32 heavy (non-hydrogen) atoms. The van der Waals surface area contributed by atoms with E-state index in [1.54, 1.807) is 24.3 Å². The van der Waals surface area contributed by atoms with Gasteiger partial charge in [0, 0.05) is 5.41 Å². The molecule has 5 heteroatoms. The smallest absolute Gasteiger partial charge is 0.157 e. The molecule has 0 unspecified atom stereocenters. The predicted octanol–water partition coefficient (Wildman–Crippen LogP) is 5.16. The van der Waals surface area contributed by atoms with Crippen molar-refractivity contribution in [2.24, 2.45) is 0 Å². The van der Waals surface area contributed by atoms with Gasteiger partial charge in [-0.2, -0.15) is 0 Å². The van der Waals surface area contributed by atoms with E-state index in [9.17, 15) is 25.5 Å². The molecule has 0 saturated carbocycles. The van der Waals surface area contributed by atoms with Crippen LogP contribution in [0.15, 0.2) is 84.9 Å². The van der Waals surface area contributed by atoms with Crippen LogP contribution in [0, 0.1) is 0 Å². The van der Waals surface area contributed by atoms with Gasteiger partial charge in [0.15, 0.2) is 23.0 Å². The Balaban J connectivity index is 1.78. The lowest BCUT2D eigenvalue weighted by Crippen LogP contribution is -2.25. The van der Waals surface area contributed by atoms with E-state index in [4.69, 9.17) is 0 Å². The number of hydrogen-bond acceptors (Lipinski definition) is 5. The van der Waals surface area contributed by atoms with Gasteiger partial charge in [-0.3, -0.25) is 0 Å². The van der Waals surface area contributed by atoms with Crippen LogP contribution < -0.4 is 0 Å². The van der Waals surface area contributed by atoms with Gasteiger partial charge in [0.05, 0.1) is 0 Å². The molecule has 0 aromatic heterocycles. The summed E-state index contributed by atoms with van der Waals surface area (Å²) in [6.07, 6.45) is 0.706. The van der Waals surface area contributed by atoms with Crippen LogP contribution in [-0.2, 0) is 11.8 Å². The van der Waals surface area contributed by atoms with Crippen LogP contribution in [0.3, 0.4) is 0 Å². The predicted molar refractivity (Wildman–Crippen MR) is 122 cm³/mol. The number of hydrogen-bond donors (Lipinski definition) is 5. The molecule has 5 nitrogen and oxygen atoms in total. The monoisotopic (exact) mass is 428 g/mol. The minimum atomic E-state index is -0.784. The number of benzene rings is 4. The minimum Gasteiger partial charge on any atom is -0.508 e. The Labute approximate surface area is 186 Å². The van der Waals surface area contributed by atoms with Crippen LogP contribution >= 0.6 is 0 Å². The van der Waals surface area contributed by atoms with E-state index in [0.29, 0.717) is 17.5 Å². The Kier molecular flexibility index (Phi) is 5.41. The highest BCUT2D eigenvalue weighted by molar-refractivity contribution is 5.56. The third-order valence-electron chi connectivity index (χ3n) is 5.98. The molecule has 0 amide bonds. The molecule has 0 heterocycles. The van der Waals surface area contributed by atoms with E-state index in [0.717, 1.165) is 16.7 Å². The quantitative estimate of drug-likeness (QED) is 0.223. The summed E-state index contributed by atoms with van der Waals surface area (Å²) in [7, 11) is 0. The Hall–Kier alpha value is -4.12. The third-order valence-corrected chi connectivity index (χ3v) is 5.98. The highest BCUT2D eigenvalue weighted by Crippen LogP contribution is 2.43. The van der Waals surface area contributed by atoms with Gasteiger partial charge in [-0.05, 0) is 77.6 Å². The van der Waals surface area contributed by atoms with Crippen molar-refractivity contribution in [3.63, 3.8) is 0 Å². The minimum absolute atomic E-state index is 0.214. The summed E-state index contributed by atoms with van der Waals surface area (Å²) in [4.78, 5) is 0. The molecular weight excluding hydrogens is 404 g/mol. The SMILES string of the molecule is CC(c1ccc(Cc2ccc(O)cc2)cc1)(c1ccc(O)c(O)c1)c1ccc(O)c(O)c1. The number of phenolic OH excluding ortho intramolecular Hbond substituents is 5. The summed E-state index contributed by atoms with van der Waals surface area (Å²) in [5.41, 5.74) is 3.71. The maximum atomic E-state index is 10.1. The van der Waals surface area contributed by atoms with Crippen LogP contribution in [0.25, 0.3) is 0 Å². The zero-order valence-electron chi connectivity index (χ0n) is 17.5. The van der Waals surface area contributed by atoms with Gasteiger partial charge in [-0.1, -0.05) is 48.5 Å². The molecule has 4 aromatic carbocycles. The molecule has 0 aliphatic heterocycles. The van der Waals surface area contributed by atoms with Crippen molar-refractivity contribution in [3.8, 4) is 28.7 Å². The maximum absolute atomic E-state index is 10.1. The first kappa shape index (κ1) is 21.1. The molecule has 0 atom stereocenters. The molecule has 4 rings (SSSR count). The zero-order chi connectivity index (χ0) is 22.9. The highest BCUT2D eigenvalue weighted by Gasteiger charge is 2.32. The van der Waals surface area contributed by atoms with Gasteiger partial charge in [0.2, 0.25) is 0 Å². The largest absolute Gasteiger partial charge is 0.508 e. The van der Waals surface area contributed by atoms with Gasteiger partial charge in [-0.25, -0.2) is 0 Å². The van der Waals surface area contributed by atoms with Crippen LogP contribution in [-0.4, -0.2) is 25.5 Å². The van der Waals surface area contributed by atoms with E-state index in [1.807, 2.05) is 43.3 Å². The summed E-state index contributed by atoms with van der Waals surface area (Å²) < 4.78 is 0. The van der Waals surface area contributed by atoms with Gasteiger partial charge < -0.3 is 25.5 Å². The van der Waals surface area contributed by atoms with Crippen molar-refractivity contribution in [1.29, 1.82) is 0 Å². The molecule has 0 saturated heterocycles. The van der Waals surface area contributed by atoms with Crippen LogP contribution in [0.4, 0.5) is 0 Å². The fraction of sp³-hybridized carbons (Fsp3) is 0.111. The van der Waals surface area contributed by atoms with Gasteiger partial charge >= 0.3 is 0 Å². The fourth-order valence-electron chi connectivity index (χ4n) is 3.97. The number of aromatic hydroxyl groups is 5. The zero-order valence-corrected chi connectivity index (χ0v) is 17.5. The molecule has 0 radical (unpaired) electrons.